The summed E-state index contributed by atoms with van der Waals surface area (Å²) in [6.45, 7) is 6.57. The van der Waals surface area contributed by atoms with Crippen LogP contribution in [0.4, 0.5) is 0 Å². The molecule has 0 heterocycles. The fourth-order valence-electron chi connectivity index (χ4n) is 9.34. The van der Waals surface area contributed by atoms with Gasteiger partial charge in [0.25, 0.3) is 0 Å². The molecule has 0 aliphatic rings. The molecule has 0 aliphatic carbocycles. The van der Waals surface area contributed by atoms with Crippen LogP contribution in [-0.2, 0) is 28.6 Å². The minimum Gasteiger partial charge on any atom is -0.462 e. The quantitative estimate of drug-likeness (QED) is 0.0261. The number of allylic oxidation sites excluding steroid dienone is 8. The summed E-state index contributed by atoms with van der Waals surface area (Å²) in [6, 6.07) is 0. The predicted molar refractivity (Wildman–Crippen MR) is 312 cm³/mol. The highest BCUT2D eigenvalue weighted by Gasteiger charge is 2.19. The van der Waals surface area contributed by atoms with E-state index in [4.69, 9.17) is 14.2 Å². The van der Waals surface area contributed by atoms with Gasteiger partial charge in [-0.2, -0.15) is 0 Å². The van der Waals surface area contributed by atoms with Gasteiger partial charge < -0.3 is 14.2 Å². The van der Waals surface area contributed by atoms with Crippen molar-refractivity contribution in [3.63, 3.8) is 0 Å². The highest BCUT2D eigenvalue weighted by atomic mass is 16.6. The number of rotatable bonds is 58. The Hall–Kier alpha value is -2.63. The Morgan fingerprint density at radius 3 is 0.861 bits per heavy atom. The Morgan fingerprint density at radius 1 is 0.292 bits per heavy atom. The van der Waals surface area contributed by atoms with Crippen LogP contribution in [0.5, 0.6) is 0 Å². The first kappa shape index (κ1) is 69.4. The van der Waals surface area contributed by atoms with Gasteiger partial charge in [-0.05, 0) is 77.0 Å². The Kier molecular flexibility index (Phi) is 58.7. The van der Waals surface area contributed by atoms with Gasteiger partial charge in [0.2, 0.25) is 0 Å². The second-order valence-electron chi connectivity index (χ2n) is 21.3. The molecule has 1 atom stereocenters. The molecule has 0 aromatic heterocycles. The fraction of sp³-hybridized carbons (Fsp3) is 0.833. The maximum atomic E-state index is 12.9. The molecular weight excluding hydrogens is 889 g/mol. The lowest BCUT2D eigenvalue weighted by atomic mass is 10.0. The second kappa shape index (κ2) is 60.9. The van der Waals surface area contributed by atoms with E-state index >= 15 is 0 Å². The van der Waals surface area contributed by atoms with Gasteiger partial charge in [0.05, 0.1) is 0 Å². The van der Waals surface area contributed by atoms with Crippen molar-refractivity contribution in [3.8, 4) is 0 Å². The van der Waals surface area contributed by atoms with Crippen LogP contribution in [0.25, 0.3) is 0 Å². The number of esters is 3. The third-order valence-electron chi connectivity index (χ3n) is 14.1. The zero-order chi connectivity index (χ0) is 52.2. The van der Waals surface area contributed by atoms with Crippen molar-refractivity contribution < 1.29 is 28.6 Å². The molecule has 6 nitrogen and oxygen atoms in total. The van der Waals surface area contributed by atoms with Crippen molar-refractivity contribution in [3.05, 3.63) is 48.6 Å². The van der Waals surface area contributed by atoms with Gasteiger partial charge in [-0.3, -0.25) is 14.4 Å². The summed E-state index contributed by atoms with van der Waals surface area (Å²) < 4.78 is 16.9. The third kappa shape index (κ3) is 58.3. The zero-order valence-corrected chi connectivity index (χ0v) is 48.2. The summed E-state index contributed by atoms with van der Waals surface area (Å²) in [5, 5.41) is 0. The number of hydrogen-bond acceptors (Lipinski definition) is 6. The monoisotopic (exact) mass is 1010 g/mol. The van der Waals surface area contributed by atoms with Gasteiger partial charge in [0, 0.05) is 19.3 Å². The summed E-state index contributed by atoms with van der Waals surface area (Å²) in [4.78, 5) is 38.3. The van der Waals surface area contributed by atoms with Crippen LogP contribution < -0.4 is 0 Å². The maximum Gasteiger partial charge on any atom is 0.306 e. The van der Waals surface area contributed by atoms with Crippen LogP contribution in [0.1, 0.15) is 335 Å². The summed E-state index contributed by atoms with van der Waals surface area (Å²) in [7, 11) is 0. The molecule has 0 amide bonds. The minimum absolute atomic E-state index is 0.0749. The molecule has 1 unspecified atom stereocenters. The third-order valence-corrected chi connectivity index (χ3v) is 14.1. The van der Waals surface area contributed by atoms with Crippen molar-refractivity contribution in [1.29, 1.82) is 0 Å². The molecule has 0 N–H and O–H groups in total. The molecule has 0 aliphatic heterocycles. The molecule has 0 radical (unpaired) electrons. The van der Waals surface area contributed by atoms with Gasteiger partial charge in [0.1, 0.15) is 13.2 Å². The number of carbonyl (C=O) groups excluding carboxylic acids is 3. The number of hydrogen-bond donors (Lipinski definition) is 0. The first-order valence-corrected chi connectivity index (χ1v) is 31.6. The smallest absolute Gasteiger partial charge is 0.306 e. The van der Waals surface area contributed by atoms with E-state index in [1.54, 1.807) is 0 Å². The van der Waals surface area contributed by atoms with Crippen molar-refractivity contribution in [2.75, 3.05) is 13.2 Å². The molecule has 0 rings (SSSR count). The van der Waals surface area contributed by atoms with E-state index in [1.807, 2.05) is 0 Å². The van der Waals surface area contributed by atoms with Crippen molar-refractivity contribution >= 4 is 17.9 Å². The van der Waals surface area contributed by atoms with E-state index < -0.39 is 6.10 Å². The van der Waals surface area contributed by atoms with E-state index in [2.05, 4.69) is 69.4 Å². The predicted octanol–water partition coefficient (Wildman–Crippen LogP) is 21.4. The van der Waals surface area contributed by atoms with Crippen LogP contribution in [0.15, 0.2) is 48.6 Å². The lowest BCUT2D eigenvalue weighted by Crippen LogP contribution is -2.30. The molecule has 0 saturated heterocycles. The van der Waals surface area contributed by atoms with E-state index in [0.29, 0.717) is 19.3 Å². The normalized spacial score (nSPS) is 12.3. The van der Waals surface area contributed by atoms with Gasteiger partial charge in [-0.25, -0.2) is 0 Å². The van der Waals surface area contributed by atoms with Crippen LogP contribution in [-0.4, -0.2) is 37.2 Å². The Labute approximate surface area is 448 Å². The summed E-state index contributed by atoms with van der Waals surface area (Å²) in [5.74, 6) is -0.868. The Morgan fingerprint density at radius 2 is 0.542 bits per heavy atom. The molecule has 0 saturated carbocycles. The molecule has 72 heavy (non-hydrogen) atoms. The lowest BCUT2D eigenvalue weighted by Gasteiger charge is -2.18. The maximum absolute atomic E-state index is 12.9. The van der Waals surface area contributed by atoms with Crippen LogP contribution in [0.2, 0.25) is 0 Å². The van der Waals surface area contributed by atoms with Gasteiger partial charge >= 0.3 is 17.9 Å². The lowest BCUT2D eigenvalue weighted by molar-refractivity contribution is -0.167. The van der Waals surface area contributed by atoms with E-state index in [9.17, 15) is 14.4 Å². The topological polar surface area (TPSA) is 78.9 Å². The highest BCUT2D eigenvalue weighted by Crippen LogP contribution is 2.17. The average molecular weight is 1010 g/mol. The Balaban J connectivity index is 4.34. The highest BCUT2D eigenvalue weighted by molar-refractivity contribution is 5.71. The first-order valence-electron chi connectivity index (χ1n) is 31.6. The Bertz CT molecular complexity index is 1250. The summed E-state index contributed by atoms with van der Waals surface area (Å²) >= 11 is 0. The molecular formula is C66H120O6. The van der Waals surface area contributed by atoms with Crippen LogP contribution in [0.3, 0.4) is 0 Å². The molecule has 0 fully saturated rings. The van der Waals surface area contributed by atoms with Crippen LogP contribution in [0, 0.1) is 0 Å². The van der Waals surface area contributed by atoms with Crippen LogP contribution >= 0.6 is 0 Å². The molecule has 0 aromatic carbocycles. The van der Waals surface area contributed by atoms with E-state index in [1.165, 1.54) is 212 Å². The molecule has 6 heteroatoms. The van der Waals surface area contributed by atoms with E-state index in [-0.39, 0.29) is 31.1 Å². The summed E-state index contributed by atoms with van der Waals surface area (Å²) in [6.07, 6.45) is 75.4. The van der Waals surface area contributed by atoms with Gasteiger partial charge in [0.15, 0.2) is 6.10 Å². The second-order valence-corrected chi connectivity index (χ2v) is 21.3. The molecule has 0 bridgehead atoms. The van der Waals surface area contributed by atoms with Crippen molar-refractivity contribution in [1.82, 2.24) is 0 Å². The van der Waals surface area contributed by atoms with Crippen molar-refractivity contribution in [2.24, 2.45) is 0 Å². The van der Waals surface area contributed by atoms with Crippen molar-refractivity contribution in [2.45, 2.75) is 341 Å². The summed E-state index contributed by atoms with van der Waals surface area (Å²) in [5.41, 5.74) is 0. The molecule has 0 aromatic rings. The SMILES string of the molecule is CC/C=C\C/C=C\C/C=C\CCCCCCCCCC(=O)OC(COC(=O)CCCCCCCCC/C=C\CCCCCCCC)COC(=O)CCCCCCCCCCCCCCCCCCCCCC. The molecule has 420 valence electrons. The van der Waals surface area contributed by atoms with Gasteiger partial charge in [-0.15, -0.1) is 0 Å². The average Bonchev–Trinajstić information content (AvgIpc) is 3.38. The fourth-order valence-corrected chi connectivity index (χ4v) is 9.34. The number of ether oxygens (including phenoxy) is 3. The molecule has 0 spiro atoms. The largest absolute Gasteiger partial charge is 0.462 e. The van der Waals surface area contributed by atoms with Gasteiger partial charge in [-0.1, -0.05) is 288 Å². The van der Waals surface area contributed by atoms with E-state index in [0.717, 1.165) is 83.5 Å². The number of unbranched alkanes of at least 4 members (excludes halogenated alkanes) is 39. The zero-order valence-electron chi connectivity index (χ0n) is 48.2. The first-order chi connectivity index (χ1) is 35.5. The standard InChI is InChI=1S/C66H120O6/c1-4-7-10-13-16-19-22-25-28-31-32-33-36-38-41-44-47-50-53-56-59-65(68)71-62-63(72-66(69)60-57-54-51-48-45-42-39-35-30-27-24-21-18-15-12-9-6-3)61-70-64(67)58-55-52-49-46-43-40-37-34-29-26-23-20-17-14-11-8-5-2/h9,12,18,21,26-27,29-30,63H,4-8,10-11,13-17,19-20,22-25,28,31-62H2,1-3H3/b12-9-,21-18-,29-26-,30-27-. The number of carbonyl (C=O) groups is 3. The minimum atomic E-state index is -0.779.